The zero-order valence-electron chi connectivity index (χ0n) is 11.4. The Kier molecular flexibility index (Phi) is 4.73. The molecule has 1 aromatic heterocycles. The Labute approximate surface area is 116 Å². The first-order valence-electron chi connectivity index (χ1n) is 5.79. The Bertz CT molecular complexity index is 429. The minimum atomic E-state index is -0.490. The summed E-state index contributed by atoms with van der Waals surface area (Å²) >= 11 is 3.32. The van der Waals surface area contributed by atoms with Crippen LogP contribution in [0.1, 0.15) is 39.4 Å². The number of carbonyl (C=O) groups is 1. The predicted molar refractivity (Wildman–Crippen MR) is 74.3 cm³/mol. The molecule has 0 saturated carbocycles. The molecule has 0 N–H and O–H groups in total. The zero-order valence-corrected chi connectivity index (χ0v) is 13.0. The second kappa shape index (κ2) is 5.69. The summed E-state index contributed by atoms with van der Waals surface area (Å²) in [4.78, 5) is 17.8. The second-order valence-electron chi connectivity index (χ2n) is 5.15. The van der Waals surface area contributed by atoms with Crippen molar-refractivity contribution in [3.63, 3.8) is 0 Å². The highest BCUT2D eigenvalue weighted by Crippen LogP contribution is 2.20. The molecule has 0 aliphatic carbocycles. The Morgan fingerprint density at radius 3 is 2.56 bits per heavy atom. The van der Waals surface area contributed by atoms with Gasteiger partial charge in [-0.15, -0.1) is 0 Å². The van der Waals surface area contributed by atoms with Crippen LogP contribution in [0.3, 0.4) is 0 Å². The maximum absolute atomic E-state index is 11.9. The van der Waals surface area contributed by atoms with Gasteiger partial charge in [0.25, 0.3) is 0 Å². The van der Waals surface area contributed by atoms with Gasteiger partial charge in [0.15, 0.2) is 0 Å². The number of rotatable bonds is 2. The number of pyridine rings is 1. The van der Waals surface area contributed by atoms with Crippen LogP contribution in [-0.4, -0.2) is 28.6 Å². The summed E-state index contributed by atoms with van der Waals surface area (Å²) in [5, 5.41) is 0. The minimum absolute atomic E-state index is 0.141. The molecule has 5 heteroatoms. The van der Waals surface area contributed by atoms with E-state index in [1.807, 2.05) is 45.9 Å². The van der Waals surface area contributed by atoms with Crippen molar-refractivity contribution >= 4 is 22.0 Å². The van der Waals surface area contributed by atoms with E-state index in [1.165, 1.54) is 0 Å². The first-order chi connectivity index (χ1) is 8.20. The van der Waals surface area contributed by atoms with E-state index < -0.39 is 5.60 Å². The molecule has 0 aliphatic heterocycles. The van der Waals surface area contributed by atoms with Crippen LogP contribution in [0.15, 0.2) is 22.8 Å². The van der Waals surface area contributed by atoms with E-state index in [4.69, 9.17) is 4.74 Å². The lowest BCUT2D eigenvalue weighted by Gasteiger charge is -2.28. The molecular weight excluding hydrogens is 296 g/mol. The number of halogens is 1. The third-order valence-electron chi connectivity index (χ3n) is 2.43. The highest BCUT2D eigenvalue weighted by molar-refractivity contribution is 9.10. The quantitative estimate of drug-likeness (QED) is 0.780. The van der Waals surface area contributed by atoms with Gasteiger partial charge in [0.2, 0.25) is 0 Å². The van der Waals surface area contributed by atoms with Gasteiger partial charge in [-0.25, -0.2) is 9.78 Å². The SMILES string of the molecule is C[C@@H](c1cccc(Br)n1)N(C)C(=O)OC(C)(C)C. The topological polar surface area (TPSA) is 42.4 Å². The van der Waals surface area contributed by atoms with Gasteiger partial charge in [-0.05, 0) is 55.8 Å². The number of ether oxygens (including phenoxy) is 1. The molecule has 1 aromatic rings. The monoisotopic (exact) mass is 314 g/mol. The molecular formula is C13H19BrN2O2. The van der Waals surface area contributed by atoms with Gasteiger partial charge in [0.1, 0.15) is 10.2 Å². The molecule has 100 valence electrons. The molecule has 4 nitrogen and oxygen atoms in total. The largest absolute Gasteiger partial charge is 0.444 e. The van der Waals surface area contributed by atoms with E-state index in [2.05, 4.69) is 20.9 Å². The Morgan fingerprint density at radius 2 is 2.06 bits per heavy atom. The van der Waals surface area contributed by atoms with Crippen molar-refractivity contribution in [2.24, 2.45) is 0 Å². The molecule has 0 saturated heterocycles. The van der Waals surface area contributed by atoms with Crippen molar-refractivity contribution in [3.8, 4) is 0 Å². The highest BCUT2D eigenvalue weighted by atomic mass is 79.9. The first-order valence-corrected chi connectivity index (χ1v) is 6.58. The van der Waals surface area contributed by atoms with E-state index >= 15 is 0 Å². The average Bonchev–Trinajstić information content (AvgIpc) is 2.24. The summed E-state index contributed by atoms with van der Waals surface area (Å²) in [6.07, 6.45) is -0.350. The minimum Gasteiger partial charge on any atom is -0.444 e. The van der Waals surface area contributed by atoms with Gasteiger partial charge in [0.05, 0.1) is 11.7 Å². The van der Waals surface area contributed by atoms with Crippen LogP contribution >= 0.6 is 15.9 Å². The number of hydrogen-bond donors (Lipinski definition) is 0. The van der Waals surface area contributed by atoms with Gasteiger partial charge < -0.3 is 9.64 Å². The molecule has 0 aromatic carbocycles. The van der Waals surface area contributed by atoms with Crippen LogP contribution in [-0.2, 0) is 4.74 Å². The predicted octanol–water partition coefficient (Wildman–Crippen LogP) is 3.77. The second-order valence-corrected chi connectivity index (χ2v) is 5.96. The average molecular weight is 315 g/mol. The molecule has 1 rings (SSSR count). The Balaban J connectivity index is 2.78. The van der Waals surface area contributed by atoms with Crippen LogP contribution in [0.4, 0.5) is 4.79 Å². The first kappa shape index (κ1) is 15.0. The third-order valence-corrected chi connectivity index (χ3v) is 2.87. The summed E-state index contributed by atoms with van der Waals surface area (Å²) in [5.41, 5.74) is 0.327. The fourth-order valence-corrected chi connectivity index (χ4v) is 1.70. The molecule has 0 bridgehead atoms. The van der Waals surface area contributed by atoms with E-state index in [-0.39, 0.29) is 12.1 Å². The number of carbonyl (C=O) groups excluding carboxylic acids is 1. The molecule has 18 heavy (non-hydrogen) atoms. The van der Waals surface area contributed by atoms with Crippen molar-refractivity contribution < 1.29 is 9.53 Å². The van der Waals surface area contributed by atoms with Gasteiger partial charge in [0, 0.05) is 7.05 Å². The van der Waals surface area contributed by atoms with E-state index in [9.17, 15) is 4.79 Å². The van der Waals surface area contributed by atoms with Crippen molar-refractivity contribution in [2.75, 3.05) is 7.05 Å². The van der Waals surface area contributed by atoms with Crippen molar-refractivity contribution in [1.29, 1.82) is 0 Å². The number of amides is 1. The lowest BCUT2D eigenvalue weighted by atomic mass is 10.2. The summed E-state index contributed by atoms with van der Waals surface area (Å²) in [6, 6.07) is 5.49. The lowest BCUT2D eigenvalue weighted by Crippen LogP contribution is -2.36. The number of aromatic nitrogens is 1. The smallest absolute Gasteiger partial charge is 0.410 e. The summed E-state index contributed by atoms with van der Waals surface area (Å²) in [7, 11) is 1.71. The van der Waals surface area contributed by atoms with E-state index in [1.54, 1.807) is 11.9 Å². The number of nitrogens with zero attached hydrogens (tertiary/aromatic N) is 2. The molecule has 1 amide bonds. The normalized spacial score (nSPS) is 13.0. The molecule has 0 aliphatic rings. The summed E-state index contributed by atoms with van der Waals surface area (Å²) < 4.78 is 6.07. The van der Waals surface area contributed by atoms with Crippen LogP contribution < -0.4 is 0 Å². The molecule has 0 fully saturated rings. The maximum Gasteiger partial charge on any atom is 0.410 e. The van der Waals surface area contributed by atoms with Gasteiger partial charge in [-0.3, -0.25) is 0 Å². The zero-order chi connectivity index (χ0) is 13.9. The lowest BCUT2D eigenvalue weighted by molar-refractivity contribution is 0.0230. The van der Waals surface area contributed by atoms with Gasteiger partial charge >= 0.3 is 6.09 Å². The van der Waals surface area contributed by atoms with Gasteiger partial charge in [-0.1, -0.05) is 6.07 Å². The fourth-order valence-electron chi connectivity index (χ4n) is 1.35. The van der Waals surface area contributed by atoms with E-state index in [0.717, 1.165) is 10.3 Å². The highest BCUT2D eigenvalue weighted by Gasteiger charge is 2.24. The Hall–Kier alpha value is -1.10. The van der Waals surface area contributed by atoms with Crippen molar-refractivity contribution in [1.82, 2.24) is 9.88 Å². The van der Waals surface area contributed by atoms with Crippen molar-refractivity contribution in [3.05, 3.63) is 28.5 Å². The summed E-state index contributed by atoms with van der Waals surface area (Å²) in [6.45, 7) is 7.46. The summed E-state index contributed by atoms with van der Waals surface area (Å²) in [5.74, 6) is 0. The van der Waals surface area contributed by atoms with Crippen LogP contribution in [0.5, 0.6) is 0 Å². The standard InChI is InChI=1S/C13H19BrN2O2/c1-9(10-7-6-8-11(14)15-10)16(5)12(17)18-13(2,3)4/h6-9H,1-5H3/t9-/m0/s1. The molecule has 1 heterocycles. The van der Waals surface area contributed by atoms with Crippen molar-refractivity contribution in [2.45, 2.75) is 39.3 Å². The number of hydrogen-bond acceptors (Lipinski definition) is 3. The van der Waals surface area contributed by atoms with Gasteiger partial charge in [-0.2, -0.15) is 0 Å². The van der Waals surface area contributed by atoms with Crippen LogP contribution in [0.2, 0.25) is 0 Å². The Morgan fingerprint density at radius 1 is 1.44 bits per heavy atom. The third kappa shape index (κ3) is 4.29. The maximum atomic E-state index is 11.9. The molecule has 1 atom stereocenters. The molecule has 0 spiro atoms. The van der Waals surface area contributed by atoms with E-state index in [0.29, 0.717) is 0 Å². The molecule has 0 unspecified atom stereocenters. The fraction of sp³-hybridized carbons (Fsp3) is 0.538. The van der Waals surface area contributed by atoms with Crippen LogP contribution in [0.25, 0.3) is 0 Å². The van der Waals surface area contributed by atoms with Crippen LogP contribution in [0, 0.1) is 0 Å². The molecule has 0 radical (unpaired) electrons.